The van der Waals surface area contributed by atoms with Crippen molar-refractivity contribution in [3.63, 3.8) is 0 Å². The van der Waals surface area contributed by atoms with Crippen LogP contribution in [0.15, 0.2) is 12.2 Å². The molecule has 0 aromatic carbocycles. The van der Waals surface area contributed by atoms with Crippen molar-refractivity contribution in [3.8, 4) is 0 Å². The average molecular weight is 146 g/mol. The molecular formula is C6H10O4. The maximum Gasteiger partial charge on any atom is 0.508 e. The molecule has 0 aliphatic heterocycles. The first-order valence-corrected chi connectivity index (χ1v) is 2.78. The van der Waals surface area contributed by atoms with Crippen molar-refractivity contribution >= 4 is 6.16 Å². The Kier molecular flexibility index (Phi) is 5.47. The van der Waals surface area contributed by atoms with Gasteiger partial charge >= 0.3 is 6.16 Å². The SMILES string of the molecule is COC(=O)OC/C=C/CO. The smallest absolute Gasteiger partial charge is 0.438 e. The van der Waals surface area contributed by atoms with Crippen LogP contribution in [0.2, 0.25) is 0 Å². The Morgan fingerprint density at radius 3 is 2.80 bits per heavy atom. The molecule has 0 spiro atoms. The third-order valence-corrected chi connectivity index (χ3v) is 0.736. The minimum atomic E-state index is -0.720. The maximum atomic E-state index is 10.2. The van der Waals surface area contributed by atoms with Crippen molar-refractivity contribution in [2.24, 2.45) is 0 Å². The van der Waals surface area contributed by atoms with Gasteiger partial charge in [0, 0.05) is 0 Å². The fourth-order valence-electron chi connectivity index (χ4n) is 0.318. The van der Waals surface area contributed by atoms with Gasteiger partial charge in [0.05, 0.1) is 13.7 Å². The Morgan fingerprint density at radius 2 is 2.30 bits per heavy atom. The highest BCUT2D eigenvalue weighted by atomic mass is 16.7. The fourth-order valence-corrected chi connectivity index (χ4v) is 0.318. The van der Waals surface area contributed by atoms with Crippen molar-refractivity contribution in [2.75, 3.05) is 20.3 Å². The summed E-state index contributed by atoms with van der Waals surface area (Å²) in [5.74, 6) is 0. The maximum absolute atomic E-state index is 10.2. The van der Waals surface area contributed by atoms with Crippen LogP contribution in [0.4, 0.5) is 4.79 Å². The summed E-state index contributed by atoms with van der Waals surface area (Å²) in [6, 6.07) is 0. The first-order valence-electron chi connectivity index (χ1n) is 2.78. The van der Waals surface area contributed by atoms with Crippen LogP contribution >= 0.6 is 0 Å². The van der Waals surface area contributed by atoms with Gasteiger partial charge in [-0.3, -0.25) is 0 Å². The van der Waals surface area contributed by atoms with Crippen LogP contribution in [0.3, 0.4) is 0 Å². The van der Waals surface area contributed by atoms with E-state index in [0.29, 0.717) is 0 Å². The summed E-state index contributed by atoms with van der Waals surface area (Å²) in [5.41, 5.74) is 0. The van der Waals surface area contributed by atoms with Crippen LogP contribution in [0, 0.1) is 0 Å². The number of aliphatic hydroxyl groups excluding tert-OH is 1. The molecule has 58 valence electrons. The Labute approximate surface area is 59.1 Å². The molecule has 0 atom stereocenters. The number of aliphatic hydroxyl groups is 1. The Morgan fingerprint density at radius 1 is 1.60 bits per heavy atom. The molecule has 0 heterocycles. The Hall–Kier alpha value is -1.03. The topological polar surface area (TPSA) is 55.8 Å². The van der Waals surface area contributed by atoms with Gasteiger partial charge in [-0.1, -0.05) is 6.08 Å². The molecule has 0 aromatic rings. The van der Waals surface area contributed by atoms with E-state index < -0.39 is 6.16 Å². The molecule has 4 nitrogen and oxygen atoms in total. The summed E-state index contributed by atoms with van der Waals surface area (Å²) in [5, 5.41) is 8.23. The van der Waals surface area contributed by atoms with E-state index in [1.54, 1.807) is 0 Å². The van der Waals surface area contributed by atoms with E-state index in [0.717, 1.165) is 0 Å². The number of methoxy groups -OCH3 is 1. The molecule has 0 saturated carbocycles. The number of hydrogen-bond acceptors (Lipinski definition) is 4. The van der Waals surface area contributed by atoms with E-state index in [4.69, 9.17) is 5.11 Å². The van der Waals surface area contributed by atoms with Crippen molar-refractivity contribution in [1.29, 1.82) is 0 Å². The zero-order valence-electron chi connectivity index (χ0n) is 5.74. The highest BCUT2D eigenvalue weighted by Crippen LogP contribution is 1.82. The second-order valence-corrected chi connectivity index (χ2v) is 1.42. The quantitative estimate of drug-likeness (QED) is 0.460. The minimum absolute atomic E-state index is 0.0511. The van der Waals surface area contributed by atoms with Crippen molar-refractivity contribution in [1.82, 2.24) is 0 Å². The van der Waals surface area contributed by atoms with Gasteiger partial charge in [-0.05, 0) is 6.08 Å². The van der Waals surface area contributed by atoms with Gasteiger partial charge < -0.3 is 14.6 Å². The molecule has 0 aromatic heterocycles. The summed E-state index contributed by atoms with van der Waals surface area (Å²) < 4.78 is 8.61. The predicted molar refractivity (Wildman–Crippen MR) is 34.6 cm³/mol. The lowest BCUT2D eigenvalue weighted by Gasteiger charge is -1.96. The second kappa shape index (κ2) is 6.10. The van der Waals surface area contributed by atoms with Crippen LogP contribution in [-0.4, -0.2) is 31.6 Å². The van der Waals surface area contributed by atoms with Crippen molar-refractivity contribution < 1.29 is 19.4 Å². The molecule has 0 aliphatic rings. The van der Waals surface area contributed by atoms with E-state index in [9.17, 15) is 4.79 Å². The molecule has 0 fully saturated rings. The molecule has 0 amide bonds. The lowest BCUT2D eigenvalue weighted by molar-refractivity contribution is 0.0817. The van der Waals surface area contributed by atoms with Crippen molar-refractivity contribution in [2.45, 2.75) is 0 Å². The first kappa shape index (κ1) is 8.97. The van der Waals surface area contributed by atoms with Gasteiger partial charge in [0.25, 0.3) is 0 Å². The Bertz CT molecular complexity index is 119. The van der Waals surface area contributed by atoms with Gasteiger partial charge in [0.1, 0.15) is 6.61 Å². The molecule has 0 saturated heterocycles. The van der Waals surface area contributed by atoms with Gasteiger partial charge in [-0.15, -0.1) is 0 Å². The van der Waals surface area contributed by atoms with Gasteiger partial charge in [-0.2, -0.15) is 0 Å². The second-order valence-electron chi connectivity index (χ2n) is 1.42. The molecule has 10 heavy (non-hydrogen) atoms. The number of ether oxygens (including phenoxy) is 2. The third-order valence-electron chi connectivity index (χ3n) is 0.736. The highest BCUT2D eigenvalue weighted by Gasteiger charge is 1.94. The van der Waals surface area contributed by atoms with Crippen LogP contribution in [0.1, 0.15) is 0 Å². The highest BCUT2D eigenvalue weighted by molar-refractivity contribution is 5.59. The summed E-state index contributed by atoms with van der Waals surface area (Å²) in [6.07, 6.45) is 2.28. The average Bonchev–Trinajstić information content (AvgIpc) is 1.98. The van der Waals surface area contributed by atoms with E-state index in [1.165, 1.54) is 19.3 Å². The zero-order valence-corrected chi connectivity index (χ0v) is 5.74. The Balaban J connectivity index is 3.19. The summed E-state index contributed by atoms with van der Waals surface area (Å²) in [6.45, 7) is 0.0811. The largest absolute Gasteiger partial charge is 0.508 e. The van der Waals surface area contributed by atoms with E-state index in [-0.39, 0.29) is 13.2 Å². The molecule has 1 N–H and O–H groups in total. The molecule has 0 bridgehead atoms. The van der Waals surface area contributed by atoms with Crippen LogP contribution in [-0.2, 0) is 9.47 Å². The molecule has 4 heteroatoms. The number of hydrogen-bond donors (Lipinski definition) is 1. The predicted octanol–water partition coefficient (Wildman–Crippen LogP) is 0.318. The lowest BCUT2D eigenvalue weighted by atomic mass is 10.5. The number of rotatable bonds is 3. The van der Waals surface area contributed by atoms with Gasteiger partial charge in [0.15, 0.2) is 0 Å². The fraction of sp³-hybridized carbons (Fsp3) is 0.500. The lowest BCUT2D eigenvalue weighted by Crippen LogP contribution is -2.03. The van der Waals surface area contributed by atoms with E-state index in [1.807, 2.05) is 0 Å². The standard InChI is InChI=1S/C6H10O4/c1-9-6(8)10-5-3-2-4-7/h2-3,7H,4-5H2,1H3/b3-2+. The normalized spacial score (nSPS) is 9.80. The third kappa shape index (κ3) is 5.11. The molecule has 0 radical (unpaired) electrons. The van der Waals surface area contributed by atoms with Crippen molar-refractivity contribution in [3.05, 3.63) is 12.2 Å². The molecule has 0 aliphatic carbocycles. The van der Waals surface area contributed by atoms with Crippen LogP contribution < -0.4 is 0 Å². The summed E-state index contributed by atoms with van der Waals surface area (Å²) >= 11 is 0. The summed E-state index contributed by atoms with van der Waals surface area (Å²) in [7, 11) is 1.23. The van der Waals surface area contributed by atoms with Crippen LogP contribution in [0.25, 0.3) is 0 Å². The van der Waals surface area contributed by atoms with Gasteiger partial charge in [0.2, 0.25) is 0 Å². The van der Waals surface area contributed by atoms with Gasteiger partial charge in [-0.25, -0.2) is 4.79 Å². The monoisotopic (exact) mass is 146 g/mol. The number of carbonyl (C=O) groups is 1. The molecular weight excluding hydrogens is 136 g/mol. The summed E-state index contributed by atoms with van der Waals surface area (Å²) in [4.78, 5) is 10.2. The first-order chi connectivity index (χ1) is 4.81. The molecule has 0 rings (SSSR count). The molecule has 0 unspecified atom stereocenters. The zero-order chi connectivity index (χ0) is 7.82. The van der Waals surface area contributed by atoms with E-state index in [2.05, 4.69) is 9.47 Å². The minimum Gasteiger partial charge on any atom is -0.438 e. The number of carbonyl (C=O) groups excluding carboxylic acids is 1. The van der Waals surface area contributed by atoms with E-state index >= 15 is 0 Å². The van der Waals surface area contributed by atoms with Crippen LogP contribution in [0.5, 0.6) is 0 Å².